The maximum absolute atomic E-state index is 12.3. The number of H-pyrrole nitrogens is 1. The SMILES string of the molecule is CCN(CC(=O)c1cc(C)[nH]c1C)C(C)COC. The van der Waals surface area contributed by atoms with Crippen LogP contribution in [0.2, 0.25) is 0 Å². The molecule has 0 spiro atoms. The van der Waals surface area contributed by atoms with Crippen molar-refractivity contribution in [3.05, 3.63) is 23.0 Å². The number of likely N-dealkylation sites (N-methyl/N-ethyl adjacent to an activating group) is 1. The molecule has 4 heteroatoms. The van der Waals surface area contributed by atoms with E-state index in [1.807, 2.05) is 19.9 Å². The van der Waals surface area contributed by atoms with Crippen molar-refractivity contribution in [2.24, 2.45) is 0 Å². The molecule has 4 nitrogen and oxygen atoms in total. The van der Waals surface area contributed by atoms with Crippen LogP contribution >= 0.6 is 0 Å². The molecule has 1 unspecified atom stereocenters. The van der Waals surface area contributed by atoms with E-state index in [9.17, 15) is 4.79 Å². The number of nitrogens with zero attached hydrogens (tertiary/aromatic N) is 1. The normalized spacial score (nSPS) is 13.0. The molecule has 0 aromatic carbocycles. The fourth-order valence-corrected chi connectivity index (χ4v) is 2.21. The summed E-state index contributed by atoms with van der Waals surface area (Å²) in [7, 11) is 1.69. The molecule has 0 bridgehead atoms. The number of carbonyl (C=O) groups is 1. The first-order valence-corrected chi connectivity index (χ1v) is 6.42. The Morgan fingerprint density at radius 3 is 2.61 bits per heavy atom. The maximum Gasteiger partial charge on any atom is 0.178 e. The Labute approximate surface area is 109 Å². The third-order valence-electron chi connectivity index (χ3n) is 3.23. The fourth-order valence-electron chi connectivity index (χ4n) is 2.21. The lowest BCUT2D eigenvalue weighted by molar-refractivity contribution is 0.0787. The monoisotopic (exact) mass is 252 g/mol. The minimum atomic E-state index is 0.168. The van der Waals surface area contributed by atoms with Gasteiger partial charge in [-0.3, -0.25) is 9.69 Å². The number of nitrogens with one attached hydrogen (secondary N) is 1. The maximum atomic E-state index is 12.3. The van der Waals surface area contributed by atoms with Crippen LogP contribution in [-0.2, 0) is 4.74 Å². The van der Waals surface area contributed by atoms with Gasteiger partial charge in [0.15, 0.2) is 5.78 Å². The largest absolute Gasteiger partial charge is 0.383 e. The number of ether oxygens (including phenoxy) is 1. The summed E-state index contributed by atoms with van der Waals surface area (Å²) >= 11 is 0. The number of hydrogen-bond acceptors (Lipinski definition) is 3. The number of aromatic nitrogens is 1. The zero-order valence-electron chi connectivity index (χ0n) is 12.0. The lowest BCUT2D eigenvalue weighted by Crippen LogP contribution is -2.39. The quantitative estimate of drug-likeness (QED) is 0.756. The van der Waals surface area contributed by atoms with E-state index in [4.69, 9.17) is 4.74 Å². The van der Waals surface area contributed by atoms with Crippen molar-refractivity contribution in [2.45, 2.75) is 33.7 Å². The van der Waals surface area contributed by atoms with Crippen molar-refractivity contribution < 1.29 is 9.53 Å². The van der Waals surface area contributed by atoms with Gasteiger partial charge in [-0.05, 0) is 33.4 Å². The smallest absolute Gasteiger partial charge is 0.178 e. The van der Waals surface area contributed by atoms with Gasteiger partial charge in [-0.25, -0.2) is 0 Å². The highest BCUT2D eigenvalue weighted by Gasteiger charge is 2.18. The number of Topliss-reactive ketones (excluding diaryl/α,β-unsaturated/α-hetero) is 1. The second-order valence-electron chi connectivity index (χ2n) is 4.78. The van der Waals surface area contributed by atoms with Crippen molar-refractivity contribution in [1.82, 2.24) is 9.88 Å². The molecule has 0 amide bonds. The van der Waals surface area contributed by atoms with Gasteiger partial charge < -0.3 is 9.72 Å². The van der Waals surface area contributed by atoms with E-state index in [0.717, 1.165) is 23.5 Å². The number of rotatable bonds is 7. The average molecular weight is 252 g/mol. The fraction of sp³-hybridized carbons (Fsp3) is 0.643. The van der Waals surface area contributed by atoms with Crippen molar-refractivity contribution in [3.63, 3.8) is 0 Å². The van der Waals surface area contributed by atoms with Gasteiger partial charge in [0.05, 0.1) is 13.2 Å². The van der Waals surface area contributed by atoms with E-state index in [-0.39, 0.29) is 11.8 Å². The van der Waals surface area contributed by atoms with Crippen molar-refractivity contribution in [3.8, 4) is 0 Å². The van der Waals surface area contributed by atoms with Gasteiger partial charge in [-0.1, -0.05) is 6.92 Å². The Morgan fingerprint density at radius 2 is 2.17 bits per heavy atom. The minimum absolute atomic E-state index is 0.168. The Balaban J connectivity index is 2.70. The summed E-state index contributed by atoms with van der Waals surface area (Å²) in [5, 5.41) is 0. The second kappa shape index (κ2) is 6.71. The standard InChI is InChI=1S/C14H24N2O2/c1-6-16(11(3)9-18-5)8-14(17)13-7-10(2)15-12(13)4/h7,11,15H,6,8-9H2,1-5H3. The molecule has 0 saturated carbocycles. The summed E-state index contributed by atoms with van der Waals surface area (Å²) in [6.45, 7) is 9.98. The predicted molar refractivity (Wildman–Crippen MR) is 73.2 cm³/mol. The molecule has 1 aromatic rings. The van der Waals surface area contributed by atoms with Gasteiger partial charge in [0.1, 0.15) is 0 Å². The van der Waals surface area contributed by atoms with Crippen LogP contribution in [0.3, 0.4) is 0 Å². The highest BCUT2D eigenvalue weighted by atomic mass is 16.5. The minimum Gasteiger partial charge on any atom is -0.383 e. The Morgan fingerprint density at radius 1 is 1.50 bits per heavy atom. The molecule has 0 fully saturated rings. The molecule has 102 valence electrons. The molecule has 1 rings (SSSR count). The predicted octanol–water partition coefficient (Wildman–Crippen LogP) is 2.17. The molecule has 0 aliphatic carbocycles. The first kappa shape index (κ1) is 14.9. The number of hydrogen-bond donors (Lipinski definition) is 1. The zero-order chi connectivity index (χ0) is 13.7. The van der Waals surface area contributed by atoms with Crippen LogP contribution in [0, 0.1) is 13.8 Å². The van der Waals surface area contributed by atoms with Crippen LogP contribution in [0.4, 0.5) is 0 Å². The molecule has 18 heavy (non-hydrogen) atoms. The Hall–Kier alpha value is -1.13. The molecule has 1 heterocycles. The molecule has 0 radical (unpaired) electrons. The summed E-state index contributed by atoms with van der Waals surface area (Å²) < 4.78 is 5.14. The van der Waals surface area contributed by atoms with Crippen molar-refractivity contribution in [2.75, 3.05) is 26.8 Å². The molecular weight excluding hydrogens is 228 g/mol. The third kappa shape index (κ3) is 3.68. The second-order valence-corrected chi connectivity index (χ2v) is 4.78. The number of methoxy groups -OCH3 is 1. The van der Waals surface area contributed by atoms with Crippen LogP contribution in [0.1, 0.15) is 35.6 Å². The van der Waals surface area contributed by atoms with Crippen molar-refractivity contribution in [1.29, 1.82) is 0 Å². The first-order chi connectivity index (χ1) is 8.49. The first-order valence-electron chi connectivity index (χ1n) is 6.42. The molecule has 1 atom stereocenters. The van der Waals surface area contributed by atoms with Crippen LogP contribution < -0.4 is 0 Å². The number of aromatic amines is 1. The van der Waals surface area contributed by atoms with Crippen molar-refractivity contribution >= 4 is 5.78 Å². The number of ketones is 1. The van der Waals surface area contributed by atoms with Gasteiger partial charge in [-0.15, -0.1) is 0 Å². The zero-order valence-corrected chi connectivity index (χ0v) is 12.0. The van der Waals surface area contributed by atoms with Crippen LogP contribution in [-0.4, -0.2) is 48.5 Å². The summed E-state index contributed by atoms with van der Waals surface area (Å²) in [4.78, 5) is 17.6. The van der Waals surface area contributed by atoms with Crippen LogP contribution in [0.25, 0.3) is 0 Å². The molecule has 0 saturated heterocycles. The molecular formula is C14H24N2O2. The van der Waals surface area contributed by atoms with Gasteiger partial charge in [0.25, 0.3) is 0 Å². The van der Waals surface area contributed by atoms with Gasteiger partial charge in [0.2, 0.25) is 0 Å². The highest BCUT2D eigenvalue weighted by molar-refractivity contribution is 5.98. The van der Waals surface area contributed by atoms with E-state index < -0.39 is 0 Å². The summed E-state index contributed by atoms with van der Waals surface area (Å²) in [6.07, 6.45) is 0. The van der Waals surface area contributed by atoms with E-state index in [1.54, 1.807) is 7.11 Å². The molecule has 1 aromatic heterocycles. The van der Waals surface area contributed by atoms with Gasteiger partial charge in [-0.2, -0.15) is 0 Å². The van der Waals surface area contributed by atoms with Gasteiger partial charge >= 0.3 is 0 Å². The molecule has 1 N–H and O–H groups in total. The third-order valence-corrected chi connectivity index (χ3v) is 3.23. The van der Waals surface area contributed by atoms with E-state index >= 15 is 0 Å². The highest BCUT2D eigenvalue weighted by Crippen LogP contribution is 2.11. The Kier molecular flexibility index (Phi) is 5.56. The average Bonchev–Trinajstić information content (AvgIpc) is 2.65. The number of aryl methyl sites for hydroxylation is 2. The van der Waals surface area contributed by atoms with E-state index in [2.05, 4.69) is 23.7 Å². The number of carbonyl (C=O) groups excluding carboxylic acids is 1. The van der Waals surface area contributed by atoms with Crippen LogP contribution in [0.5, 0.6) is 0 Å². The molecule has 0 aliphatic rings. The molecule has 0 aliphatic heterocycles. The van der Waals surface area contributed by atoms with E-state index in [1.165, 1.54) is 0 Å². The van der Waals surface area contributed by atoms with E-state index in [0.29, 0.717) is 13.2 Å². The Bertz CT molecular complexity index is 398. The summed E-state index contributed by atoms with van der Waals surface area (Å²) in [5.41, 5.74) is 2.78. The summed E-state index contributed by atoms with van der Waals surface area (Å²) in [5.74, 6) is 0.168. The van der Waals surface area contributed by atoms with Crippen LogP contribution in [0.15, 0.2) is 6.07 Å². The lowest BCUT2D eigenvalue weighted by Gasteiger charge is -2.26. The topological polar surface area (TPSA) is 45.3 Å². The lowest BCUT2D eigenvalue weighted by atomic mass is 10.1. The van der Waals surface area contributed by atoms with Gasteiger partial charge in [0, 0.05) is 30.1 Å². The summed E-state index contributed by atoms with van der Waals surface area (Å²) in [6, 6.07) is 2.18.